The second kappa shape index (κ2) is 5.39. The highest BCUT2D eigenvalue weighted by Crippen LogP contribution is 2.23. The third kappa shape index (κ3) is 3.01. The summed E-state index contributed by atoms with van der Waals surface area (Å²) >= 11 is 0. The number of Topliss-reactive ketones (excluding diaryl/α,β-unsaturated/α-hetero) is 1. The van der Waals surface area contributed by atoms with Gasteiger partial charge in [-0.25, -0.2) is 4.39 Å². The molecule has 1 aromatic carbocycles. The summed E-state index contributed by atoms with van der Waals surface area (Å²) in [6.07, 6.45) is 0. The third-order valence-electron chi connectivity index (χ3n) is 3.66. The molecule has 1 saturated heterocycles. The molecule has 3 nitrogen and oxygen atoms in total. The van der Waals surface area contributed by atoms with Crippen molar-refractivity contribution < 1.29 is 13.9 Å². The lowest BCUT2D eigenvalue weighted by Gasteiger charge is -2.39. The molecule has 0 amide bonds. The van der Waals surface area contributed by atoms with E-state index in [1.54, 1.807) is 13.0 Å². The molecule has 1 aliphatic rings. The van der Waals surface area contributed by atoms with E-state index in [0.717, 1.165) is 18.7 Å². The molecule has 104 valence electrons. The van der Waals surface area contributed by atoms with Crippen LogP contribution in [0.4, 0.5) is 4.39 Å². The number of hydrogen-bond acceptors (Lipinski definition) is 3. The number of carbonyl (C=O) groups is 1. The predicted molar refractivity (Wildman–Crippen MR) is 71.9 cm³/mol. The highest BCUT2D eigenvalue weighted by atomic mass is 19.1. The van der Waals surface area contributed by atoms with Crippen molar-refractivity contribution in [1.82, 2.24) is 4.90 Å². The Labute approximate surface area is 113 Å². The van der Waals surface area contributed by atoms with Crippen LogP contribution in [0.25, 0.3) is 0 Å². The minimum atomic E-state index is -0.635. The lowest BCUT2D eigenvalue weighted by atomic mass is 9.90. The second-order valence-corrected chi connectivity index (χ2v) is 5.50. The van der Waals surface area contributed by atoms with Gasteiger partial charge in [-0.15, -0.1) is 0 Å². The van der Waals surface area contributed by atoms with Crippen LogP contribution >= 0.6 is 0 Å². The highest BCUT2D eigenvalue weighted by Gasteiger charge is 2.36. The van der Waals surface area contributed by atoms with Crippen molar-refractivity contribution in [2.75, 3.05) is 26.3 Å². The van der Waals surface area contributed by atoms with Crippen LogP contribution in [0, 0.1) is 12.7 Å². The average Bonchev–Trinajstić information content (AvgIpc) is 2.37. The normalized spacial score (nSPS) is 17.5. The van der Waals surface area contributed by atoms with Crippen molar-refractivity contribution >= 4 is 5.78 Å². The number of rotatable bonds is 3. The number of morpholine rings is 1. The van der Waals surface area contributed by atoms with E-state index in [9.17, 15) is 9.18 Å². The SMILES string of the molecule is Cc1cc(F)cc(C(=O)C(C)(C)N2CCOCC2)c1. The average molecular weight is 265 g/mol. The lowest BCUT2D eigenvalue weighted by molar-refractivity contribution is -0.00431. The molecule has 1 aliphatic heterocycles. The maximum Gasteiger partial charge on any atom is 0.182 e. The van der Waals surface area contributed by atoms with Crippen molar-refractivity contribution in [2.45, 2.75) is 26.3 Å². The maximum absolute atomic E-state index is 13.4. The maximum atomic E-state index is 13.4. The Kier molecular flexibility index (Phi) is 4.02. The second-order valence-electron chi connectivity index (χ2n) is 5.50. The van der Waals surface area contributed by atoms with Crippen LogP contribution in [-0.2, 0) is 4.74 Å². The molecule has 1 heterocycles. The first-order valence-corrected chi connectivity index (χ1v) is 6.56. The number of ether oxygens (including phenoxy) is 1. The molecular weight excluding hydrogens is 245 g/mol. The van der Waals surface area contributed by atoms with Gasteiger partial charge in [0.1, 0.15) is 5.82 Å². The van der Waals surface area contributed by atoms with Crippen molar-refractivity contribution in [3.05, 3.63) is 35.1 Å². The first kappa shape index (κ1) is 14.2. The van der Waals surface area contributed by atoms with E-state index in [1.165, 1.54) is 12.1 Å². The summed E-state index contributed by atoms with van der Waals surface area (Å²) in [6.45, 7) is 8.31. The molecule has 19 heavy (non-hydrogen) atoms. The molecule has 0 aliphatic carbocycles. The molecular formula is C15H20FNO2. The van der Waals surface area contributed by atoms with Crippen molar-refractivity contribution in [3.8, 4) is 0 Å². The Balaban J connectivity index is 2.25. The minimum Gasteiger partial charge on any atom is -0.379 e. The number of nitrogens with zero attached hydrogens (tertiary/aromatic N) is 1. The third-order valence-corrected chi connectivity index (χ3v) is 3.66. The summed E-state index contributed by atoms with van der Waals surface area (Å²) < 4.78 is 18.7. The summed E-state index contributed by atoms with van der Waals surface area (Å²) in [4.78, 5) is 14.7. The minimum absolute atomic E-state index is 0.0444. The van der Waals surface area contributed by atoms with Crippen LogP contribution in [0.3, 0.4) is 0 Å². The Morgan fingerprint density at radius 2 is 1.89 bits per heavy atom. The topological polar surface area (TPSA) is 29.5 Å². The first-order valence-electron chi connectivity index (χ1n) is 6.56. The standard InChI is InChI=1S/C15H20FNO2/c1-11-8-12(10-13(16)9-11)14(18)15(2,3)17-4-6-19-7-5-17/h8-10H,4-7H2,1-3H3. The molecule has 0 saturated carbocycles. The largest absolute Gasteiger partial charge is 0.379 e. The summed E-state index contributed by atoms with van der Waals surface area (Å²) in [5, 5.41) is 0. The van der Waals surface area contributed by atoms with Crippen LogP contribution in [0.2, 0.25) is 0 Å². The van der Waals surface area contributed by atoms with Gasteiger partial charge < -0.3 is 4.74 Å². The Morgan fingerprint density at radius 3 is 2.47 bits per heavy atom. The van der Waals surface area contributed by atoms with Crippen LogP contribution < -0.4 is 0 Å². The fourth-order valence-corrected chi connectivity index (χ4v) is 2.49. The molecule has 1 fully saturated rings. The van der Waals surface area contributed by atoms with Crippen LogP contribution in [0.15, 0.2) is 18.2 Å². The molecule has 4 heteroatoms. The molecule has 0 aromatic heterocycles. The van der Waals surface area contributed by atoms with Crippen molar-refractivity contribution in [2.24, 2.45) is 0 Å². The van der Waals surface area contributed by atoms with E-state index in [-0.39, 0.29) is 11.6 Å². The van der Waals surface area contributed by atoms with E-state index < -0.39 is 5.54 Å². The first-order chi connectivity index (χ1) is 8.91. The Hall–Kier alpha value is -1.26. The van der Waals surface area contributed by atoms with Gasteiger partial charge in [0.2, 0.25) is 0 Å². The Morgan fingerprint density at radius 1 is 1.26 bits per heavy atom. The number of carbonyl (C=O) groups excluding carboxylic acids is 1. The molecule has 0 spiro atoms. The monoisotopic (exact) mass is 265 g/mol. The molecule has 0 atom stereocenters. The van der Waals surface area contributed by atoms with Gasteiger partial charge in [-0.05, 0) is 44.5 Å². The van der Waals surface area contributed by atoms with E-state index in [4.69, 9.17) is 4.74 Å². The quantitative estimate of drug-likeness (QED) is 0.786. The number of ketones is 1. The van der Waals surface area contributed by atoms with Gasteiger partial charge in [0.15, 0.2) is 5.78 Å². The van der Waals surface area contributed by atoms with Gasteiger partial charge in [-0.2, -0.15) is 0 Å². The number of hydrogen-bond donors (Lipinski definition) is 0. The Bertz CT molecular complexity index is 459. The zero-order valence-electron chi connectivity index (χ0n) is 11.7. The van der Waals surface area contributed by atoms with Gasteiger partial charge in [0.25, 0.3) is 0 Å². The molecule has 1 aromatic rings. The summed E-state index contributed by atoms with van der Waals surface area (Å²) in [5.74, 6) is -0.405. The number of halogens is 1. The van der Waals surface area contributed by atoms with Gasteiger partial charge >= 0.3 is 0 Å². The van der Waals surface area contributed by atoms with E-state index in [1.807, 2.05) is 13.8 Å². The fraction of sp³-hybridized carbons (Fsp3) is 0.533. The molecule has 0 radical (unpaired) electrons. The van der Waals surface area contributed by atoms with Gasteiger partial charge in [0.05, 0.1) is 18.8 Å². The molecule has 2 rings (SSSR count). The number of aryl methyl sites for hydroxylation is 1. The van der Waals surface area contributed by atoms with Crippen LogP contribution in [0.5, 0.6) is 0 Å². The van der Waals surface area contributed by atoms with Crippen LogP contribution in [-0.4, -0.2) is 42.5 Å². The molecule has 0 unspecified atom stereocenters. The molecule has 0 N–H and O–H groups in total. The number of benzene rings is 1. The zero-order valence-corrected chi connectivity index (χ0v) is 11.7. The van der Waals surface area contributed by atoms with E-state index in [0.29, 0.717) is 18.8 Å². The molecule has 0 bridgehead atoms. The smallest absolute Gasteiger partial charge is 0.182 e. The summed E-state index contributed by atoms with van der Waals surface area (Å²) in [5.41, 5.74) is 0.569. The zero-order chi connectivity index (χ0) is 14.0. The highest BCUT2D eigenvalue weighted by molar-refractivity contribution is 6.02. The summed E-state index contributed by atoms with van der Waals surface area (Å²) in [6, 6.07) is 4.49. The van der Waals surface area contributed by atoms with Crippen molar-refractivity contribution in [1.29, 1.82) is 0 Å². The van der Waals surface area contributed by atoms with Crippen molar-refractivity contribution in [3.63, 3.8) is 0 Å². The summed E-state index contributed by atoms with van der Waals surface area (Å²) in [7, 11) is 0. The fourth-order valence-electron chi connectivity index (χ4n) is 2.49. The van der Waals surface area contributed by atoms with E-state index >= 15 is 0 Å². The lowest BCUT2D eigenvalue weighted by Crippen LogP contribution is -2.54. The van der Waals surface area contributed by atoms with Crippen LogP contribution in [0.1, 0.15) is 29.8 Å². The van der Waals surface area contributed by atoms with Gasteiger partial charge in [-0.1, -0.05) is 0 Å². The van der Waals surface area contributed by atoms with Gasteiger partial charge in [0, 0.05) is 18.7 Å². The van der Waals surface area contributed by atoms with Gasteiger partial charge in [-0.3, -0.25) is 9.69 Å². The predicted octanol–water partition coefficient (Wildman–Crippen LogP) is 2.43. The van der Waals surface area contributed by atoms with E-state index in [2.05, 4.69) is 4.90 Å².